The van der Waals surface area contributed by atoms with Crippen LogP contribution in [0.4, 0.5) is 5.13 Å². The zero-order valence-corrected chi connectivity index (χ0v) is 19.2. The van der Waals surface area contributed by atoms with Crippen molar-refractivity contribution < 1.29 is 19.0 Å². The first-order chi connectivity index (χ1) is 15.0. The van der Waals surface area contributed by atoms with Gasteiger partial charge in [0, 0.05) is 19.2 Å². The van der Waals surface area contributed by atoms with Crippen molar-refractivity contribution in [1.29, 1.82) is 0 Å². The summed E-state index contributed by atoms with van der Waals surface area (Å²) in [7, 11) is 4.55. The van der Waals surface area contributed by atoms with E-state index < -0.39 is 0 Å². The molecule has 9 nitrogen and oxygen atoms in total. The fourth-order valence-electron chi connectivity index (χ4n) is 3.05. The Morgan fingerprint density at radius 3 is 2.39 bits per heavy atom. The molecule has 0 aliphatic carbocycles. The summed E-state index contributed by atoms with van der Waals surface area (Å²) in [4.78, 5) is 30.4. The van der Waals surface area contributed by atoms with Crippen LogP contribution >= 0.6 is 11.3 Å². The largest absolute Gasteiger partial charge is 0.497 e. The molecule has 1 amide bonds. The molecule has 0 bridgehead atoms. The first-order valence-electron chi connectivity index (χ1n) is 9.98. The first-order valence-corrected chi connectivity index (χ1v) is 10.8. The molecule has 0 fully saturated rings. The lowest BCUT2D eigenvalue weighted by Crippen LogP contribution is -2.39. The maximum atomic E-state index is 13.5. The highest BCUT2D eigenvalue weighted by Crippen LogP contribution is 2.32. The van der Waals surface area contributed by atoms with Gasteiger partial charge in [0.05, 0.1) is 31.5 Å². The van der Waals surface area contributed by atoms with Gasteiger partial charge in [-0.25, -0.2) is 4.98 Å². The minimum Gasteiger partial charge on any atom is -0.497 e. The molecule has 3 rings (SSSR count). The van der Waals surface area contributed by atoms with E-state index in [9.17, 15) is 4.79 Å². The van der Waals surface area contributed by atoms with Crippen molar-refractivity contribution in [1.82, 2.24) is 19.9 Å². The Hall–Kier alpha value is -2.98. The molecule has 31 heavy (non-hydrogen) atoms. The molecule has 3 aromatic rings. The van der Waals surface area contributed by atoms with Crippen molar-refractivity contribution in [2.45, 2.75) is 13.8 Å². The summed E-state index contributed by atoms with van der Waals surface area (Å²) in [5.41, 5.74) is 0.986. The van der Waals surface area contributed by atoms with Crippen molar-refractivity contribution in [2.75, 3.05) is 52.4 Å². The maximum Gasteiger partial charge on any atom is 0.320 e. The molecule has 0 saturated carbocycles. The lowest BCUT2D eigenvalue weighted by Gasteiger charge is -2.24. The van der Waals surface area contributed by atoms with Crippen molar-refractivity contribution in [2.24, 2.45) is 0 Å². The van der Waals surface area contributed by atoms with E-state index in [1.54, 1.807) is 12.0 Å². The molecule has 0 aliphatic heterocycles. The summed E-state index contributed by atoms with van der Waals surface area (Å²) in [6, 6.07) is 7.23. The smallest absolute Gasteiger partial charge is 0.320 e. The SMILES string of the molecule is CCN(CC)CCN(C(=O)c1cc(OC)nc(OC)n1)c1nc2ccc(OC)cc2s1. The van der Waals surface area contributed by atoms with Crippen LogP contribution in [0, 0.1) is 0 Å². The number of ether oxygens (including phenoxy) is 3. The number of fused-ring (bicyclic) bond motifs is 1. The first kappa shape index (κ1) is 22.7. The van der Waals surface area contributed by atoms with Crippen molar-refractivity contribution in [3.05, 3.63) is 30.0 Å². The third-order valence-electron chi connectivity index (χ3n) is 4.89. The zero-order chi connectivity index (χ0) is 22.4. The second-order valence-electron chi connectivity index (χ2n) is 6.60. The van der Waals surface area contributed by atoms with E-state index in [2.05, 4.69) is 28.7 Å². The minimum absolute atomic E-state index is 0.0698. The van der Waals surface area contributed by atoms with Gasteiger partial charge in [0.2, 0.25) is 5.88 Å². The highest BCUT2D eigenvalue weighted by Gasteiger charge is 2.24. The van der Waals surface area contributed by atoms with Crippen LogP contribution < -0.4 is 19.1 Å². The van der Waals surface area contributed by atoms with Crippen LogP contribution in [0.5, 0.6) is 17.6 Å². The van der Waals surface area contributed by atoms with Crippen LogP contribution in [-0.2, 0) is 0 Å². The van der Waals surface area contributed by atoms with Crippen LogP contribution in [0.2, 0.25) is 0 Å². The fourth-order valence-corrected chi connectivity index (χ4v) is 4.07. The van der Waals surface area contributed by atoms with Gasteiger partial charge in [-0.1, -0.05) is 25.2 Å². The number of thiazole rings is 1. The van der Waals surface area contributed by atoms with Crippen LogP contribution in [0.25, 0.3) is 10.2 Å². The molecule has 166 valence electrons. The molecule has 10 heteroatoms. The van der Waals surface area contributed by atoms with E-state index in [1.807, 2.05) is 18.2 Å². The van der Waals surface area contributed by atoms with Gasteiger partial charge < -0.3 is 19.1 Å². The molecular weight excluding hydrogens is 418 g/mol. The van der Waals surface area contributed by atoms with Gasteiger partial charge in [0.25, 0.3) is 5.91 Å². The second kappa shape index (κ2) is 10.4. The summed E-state index contributed by atoms with van der Waals surface area (Å²) >= 11 is 1.43. The predicted molar refractivity (Wildman–Crippen MR) is 121 cm³/mol. The molecule has 0 N–H and O–H groups in total. The number of nitrogens with zero attached hydrogens (tertiary/aromatic N) is 5. The zero-order valence-electron chi connectivity index (χ0n) is 18.4. The summed E-state index contributed by atoms with van der Waals surface area (Å²) in [5, 5.41) is 0.594. The Morgan fingerprint density at radius 1 is 0.968 bits per heavy atom. The molecule has 0 spiro atoms. The van der Waals surface area contributed by atoms with E-state index in [4.69, 9.17) is 19.2 Å². The topological polar surface area (TPSA) is 89.9 Å². The molecule has 1 aromatic carbocycles. The number of anilines is 1. The van der Waals surface area contributed by atoms with Crippen LogP contribution in [0.1, 0.15) is 24.3 Å². The number of methoxy groups -OCH3 is 3. The summed E-state index contributed by atoms with van der Waals surface area (Å²) < 4.78 is 16.6. The Balaban J connectivity index is 2.01. The summed E-state index contributed by atoms with van der Waals surface area (Å²) in [5.74, 6) is 0.707. The van der Waals surface area contributed by atoms with E-state index in [1.165, 1.54) is 31.6 Å². The molecule has 0 atom stereocenters. The third-order valence-corrected chi connectivity index (χ3v) is 5.93. The van der Waals surface area contributed by atoms with Crippen LogP contribution in [0.3, 0.4) is 0 Å². The molecule has 0 unspecified atom stereocenters. The maximum absolute atomic E-state index is 13.5. The lowest BCUT2D eigenvalue weighted by atomic mass is 10.3. The normalized spacial score (nSPS) is 11.0. The molecular formula is C21H27N5O4S. The number of hydrogen-bond donors (Lipinski definition) is 0. The highest BCUT2D eigenvalue weighted by atomic mass is 32.1. The fraction of sp³-hybridized carbons (Fsp3) is 0.429. The van der Waals surface area contributed by atoms with Gasteiger partial charge in [-0.3, -0.25) is 9.69 Å². The monoisotopic (exact) mass is 445 g/mol. The minimum atomic E-state index is -0.294. The van der Waals surface area contributed by atoms with Crippen molar-refractivity contribution in [3.8, 4) is 17.6 Å². The summed E-state index contributed by atoms with van der Waals surface area (Å²) in [6.45, 7) is 7.15. The lowest BCUT2D eigenvalue weighted by molar-refractivity contribution is 0.0977. The number of likely N-dealkylation sites (N-methyl/N-ethyl adjacent to an activating group) is 1. The molecule has 2 aromatic heterocycles. The number of carbonyl (C=O) groups excluding carboxylic acids is 1. The highest BCUT2D eigenvalue weighted by molar-refractivity contribution is 7.22. The van der Waals surface area contributed by atoms with E-state index in [-0.39, 0.29) is 23.5 Å². The number of benzene rings is 1. The number of aromatic nitrogens is 3. The number of rotatable bonds is 10. The van der Waals surface area contributed by atoms with Gasteiger partial charge in [-0.2, -0.15) is 9.97 Å². The molecule has 0 aliphatic rings. The average molecular weight is 446 g/mol. The molecule has 0 saturated heterocycles. The second-order valence-corrected chi connectivity index (χ2v) is 7.61. The Bertz CT molecular complexity index is 1020. The van der Waals surface area contributed by atoms with Gasteiger partial charge in [0.15, 0.2) is 5.13 Å². The Kier molecular flexibility index (Phi) is 7.59. The van der Waals surface area contributed by atoms with E-state index >= 15 is 0 Å². The summed E-state index contributed by atoms with van der Waals surface area (Å²) in [6.07, 6.45) is 0. The van der Waals surface area contributed by atoms with Gasteiger partial charge in [-0.15, -0.1) is 0 Å². The van der Waals surface area contributed by atoms with E-state index in [0.29, 0.717) is 18.2 Å². The standard InChI is InChI=1S/C21H27N5O4S/c1-6-25(7-2)10-11-26(19(27)16-13-18(29-4)24-20(22-16)30-5)21-23-15-9-8-14(28-3)12-17(15)31-21/h8-9,12-13H,6-7,10-11H2,1-5H3. The third kappa shape index (κ3) is 5.20. The number of hydrogen-bond acceptors (Lipinski definition) is 9. The molecule has 0 radical (unpaired) electrons. The Labute approximate surface area is 185 Å². The van der Waals surface area contributed by atoms with Gasteiger partial charge in [-0.05, 0) is 31.3 Å². The van der Waals surface area contributed by atoms with Crippen LogP contribution in [-0.4, -0.2) is 73.3 Å². The Morgan fingerprint density at radius 2 is 1.74 bits per heavy atom. The van der Waals surface area contributed by atoms with Crippen molar-refractivity contribution >= 4 is 32.6 Å². The number of carbonyl (C=O) groups is 1. The van der Waals surface area contributed by atoms with Crippen molar-refractivity contribution in [3.63, 3.8) is 0 Å². The number of amides is 1. The van der Waals surface area contributed by atoms with E-state index in [0.717, 1.165) is 29.1 Å². The molecule has 2 heterocycles. The quantitative estimate of drug-likeness (QED) is 0.470. The van der Waals surface area contributed by atoms with Gasteiger partial charge in [0.1, 0.15) is 11.4 Å². The van der Waals surface area contributed by atoms with Gasteiger partial charge >= 0.3 is 6.01 Å². The van der Waals surface area contributed by atoms with Crippen LogP contribution in [0.15, 0.2) is 24.3 Å². The average Bonchev–Trinajstić information content (AvgIpc) is 3.23. The predicted octanol–water partition coefficient (Wildman–Crippen LogP) is 3.10.